The quantitative estimate of drug-likeness (QED) is 0.585. The highest BCUT2D eigenvalue weighted by molar-refractivity contribution is 7.08. The van der Waals surface area contributed by atoms with E-state index in [1.54, 1.807) is 11.3 Å². The van der Waals surface area contributed by atoms with Crippen LogP contribution in [0.2, 0.25) is 19.6 Å². The van der Waals surface area contributed by atoms with Crippen LogP contribution in [0.1, 0.15) is 5.56 Å². The van der Waals surface area contributed by atoms with Crippen LogP contribution in [0.3, 0.4) is 0 Å². The fourth-order valence-corrected chi connectivity index (χ4v) is 2.92. The van der Waals surface area contributed by atoms with Crippen molar-refractivity contribution in [2.75, 3.05) is 0 Å². The van der Waals surface area contributed by atoms with Crippen LogP contribution < -0.4 is 4.43 Å². The van der Waals surface area contributed by atoms with E-state index in [9.17, 15) is 0 Å². The van der Waals surface area contributed by atoms with Gasteiger partial charge in [0.15, 0.2) is 0 Å². The molecule has 1 heterocycles. The molecule has 0 spiro atoms. The lowest BCUT2D eigenvalue weighted by atomic mass is 10.3. The van der Waals surface area contributed by atoms with Crippen LogP contribution in [0, 0.1) is 0 Å². The lowest BCUT2D eigenvalue weighted by molar-refractivity contribution is 0.559. The summed E-state index contributed by atoms with van der Waals surface area (Å²) in [5.74, 6) is 0.878. The number of benzene rings is 1. The van der Waals surface area contributed by atoms with Crippen molar-refractivity contribution in [2.24, 2.45) is 4.99 Å². The molecule has 0 bridgehead atoms. The van der Waals surface area contributed by atoms with E-state index in [2.05, 4.69) is 36.1 Å². The van der Waals surface area contributed by atoms with E-state index in [-0.39, 0.29) is 0 Å². The predicted molar refractivity (Wildman–Crippen MR) is 82.0 cm³/mol. The Morgan fingerprint density at radius 2 is 1.94 bits per heavy atom. The highest BCUT2D eigenvalue weighted by Gasteiger charge is 2.17. The molecule has 0 saturated carbocycles. The van der Waals surface area contributed by atoms with E-state index in [1.165, 1.54) is 0 Å². The Morgan fingerprint density at radius 3 is 2.61 bits per heavy atom. The number of aliphatic imine (C=N–C) groups is 1. The average Bonchev–Trinajstić information content (AvgIpc) is 2.79. The van der Waals surface area contributed by atoms with Crippen molar-refractivity contribution in [2.45, 2.75) is 19.6 Å². The molecular weight excluding hydrogens is 258 g/mol. The summed E-state index contributed by atoms with van der Waals surface area (Å²) >= 11 is 1.67. The Hall–Kier alpha value is -1.39. The van der Waals surface area contributed by atoms with Gasteiger partial charge in [-0.3, -0.25) is 4.99 Å². The Labute approximate surface area is 113 Å². The molecule has 0 aliphatic rings. The minimum atomic E-state index is -1.60. The van der Waals surface area contributed by atoms with Crippen LogP contribution in [0.5, 0.6) is 5.75 Å². The van der Waals surface area contributed by atoms with E-state index in [1.807, 2.05) is 35.9 Å². The number of rotatable bonds is 4. The molecule has 94 valence electrons. The molecule has 2 nitrogen and oxygen atoms in total. The van der Waals surface area contributed by atoms with Crippen LogP contribution in [0.15, 0.2) is 46.1 Å². The highest BCUT2D eigenvalue weighted by Crippen LogP contribution is 2.29. The zero-order valence-electron chi connectivity index (χ0n) is 10.9. The second-order valence-corrected chi connectivity index (χ2v) is 10.2. The molecule has 1 aromatic carbocycles. The topological polar surface area (TPSA) is 21.6 Å². The third-order valence-corrected chi connectivity index (χ3v) is 3.71. The van der Waals surface area contributed by atoms with Crippen molar-refractivity contribution in [1.29, 1.82) is 0 Å². The van der Waals surface area contributed by atoms with Crippen LogP contribution in [0.25, 0.3) is 0 Å². The lowest BCUT2D eigenvalue weighted by Gasteiger charge is -2.20. The van der Waals surface area contributed by atoms with Gasteiger partial charge in [0.2, 0.25) is 8.32 Å². The van der Waals surface area contributed by atoms with Gasteiger partial charge >= 0.3 is 0 Å². The van der Waals surface area contributed by atoms with Gasteiger partial charge in [-0.2, -0.15) is 11.3 Å². The SMILES string of the molecule is C[Si](C)(C)Oc1ccccc1N=Cc1ccsc1. The molecule has 0 aliphatic heterocycles. The van der Waals surface area contributed by atoms with Gasteiger partial charge in [-0.25, -0.2) is 0 Å². The van der Waals surface area contributed by atoms with E-state index in [4.69, 9.17) is 4.43 Å². The minimum absolute atomic E-state index is 0.878. The molecule has 1 aromatic heterocycles. The Balaban J connectivity index is 2.22. The molecule has 0 saturated heterocycles. The Kier molecular flexibility index (Phi) is 3.99. The maximum Gasteiger partial charge on any atom is 0.242 e. The average molecular weight is 275 g/mol. The second kappa shape index (κ2) is 5.50. The lowest BCUT2D eigenvalue weighted by Crippen LogP contribution is -2.29. The molecule has 0 unspecified atom stereocenters. The van der Waals surface area contributed by atoms with Crippen molar-refractivity contribution in [3.63, 3.8) is 0 Å². The first-order valence-corrected chi connectivity index (χ1v) is 10.2. The first-order chi connectivity index (χ1) is 8.54. The van der Waals surface area contributed by atoms with Crippen molar-refractivity contribution in [3.05, 3.63) is 46.7 Å². The number of thiophene rings is 1. The van der Waals surface area contributed by atoms with Gasteiger partial charge in [-0.15, -0.1) is 0 Å². The molecule has 0 aliphatic carbocycles. The molecule has 0 atom stereocenters. The molecule has 0 fully saturated rings. The van der Waals surface area contributed by atoms with Gasteiger partial charge in [0.05, 0.1) is 0 Å². The Bertz CT molecular complexity index is 529. The van der Waals surface area contributed by atoms with E-state index < -0.39 is 8.32 Å². The first-order valence-electron chi connectivity index (χ1n) is 5.89. The Morgan fingerprint density at radius 1 is 1.17 bits per heavy atom. The number of hydrogen-bond donors (Lipinski definition) is 0. The highest BCUT2D eigenvalue weighted by atomic mass is 32.1. The zero-order chi connectivity index (χ0) is 13.0. The van der Waals surface area contributed by atoms with Gasteiger partial charge in [0.25, 0.3) is 0 Å². The van der Waals surface area contributed by atoms with Gasteiger partial charge in [0, 0.05) is 11.8 Å². The zero-order valence-corrected chi connectivity index (χ0v) is 12.7. The molecule has 2 rings (SSSR count). The fourth-order valence-electron chi connectivity index (χ4n) is 1.47. The minimum Gasteiger partial charge on any atom is -0.543 e. The largest absolute Gasteiger partial charge is 0.543 e. The second-order valence-electron chi connectivity index (χ2n) is 5.00. The van der Waals surface area contributed by atoms with Crippen molar-refractivity contribution in [1.82, 2.24) is 0 Å². The molecule has 0 amide bonds. The van der Waals surface area contributed by atoms with Crippen LogP contribution in [0.4, 0.5) is 5.69 Å². The standard InChI is InChI=1S/C14H17NOSSi/c1-18(2,3)16-14-7-5-4-6-13(14)15-10-12-8-9-17-11-12/h4-11H,1-3H3. The smallest absolute Gasteiger partial charge is 0.242 e. The van der Waals surface area contributed by atoms with Gasteiger partial charge in [-0.05, 0) is 48.6 Å². The monoisotopic (exact) mass is 275 g/mol. The normalized spacial score (nSPS) is 11.9. The number of nitrogens with zero attached hydrogens (tertiary/aromatic N) is 1. The molecule has 0 N–H and O–H groups in total. The number of hydrogen-bond acceptors (Lipinski definition) is 3. The van der Waals surface area contributed by atoms with Gasteiger partial charge in [0.1, 0.15) is 11.4 Å². The maximum atomic E-state index is 6.03. The summed E-state index contributed by atoms with van der Waals surface area (Å²) in [5.41, 5.74) is 2.02. The number of para-hydroxylation sites is 2. The predicted octanol–water partition coefficient (Wildman–Crippen LogP) is 4.71. The summed E-state index contributed by atoms with van der Waals surface area (Å²) in [7, 11) is -1.60. The summed E-state index contributed by atoms with van der Waals surface area (Å²) in [4.78, 5) is 4.51. The van der Waals surface area contributed by atoms with E-state index >= 15 is 0 Å². The van der Waals surface area contributed by atoms with Crippen LogP contribution >= 0.6 is 11.3 Å². The fraction of sp³-hybridized carbons (Fsp3) is 0.214. The first kappa shape index (κ1) is 13.0. The van der Waals surface area contributed by atoms with Crippen molar-refractivity contribution in [3.8, 4) is 5.75 Å². The molecule has 0 radical (unpaired) electrons. The summed E-state index contributed by atoms with van der Waals surface area (Å²) in [6.07, 6.45) is 1.88. The summed E-state index contributed by atoms with van der Waals surface area (Å²) < 4.78 is 6.03. The third-order valence-electron chi connectivity index (χ3n) is 2.18. The van der Waals surface area contributed by atoms with Crippen molar-refractivity contribution >= 4 is 31.6 Å². The van der Waals surface area contributed by atoms with Crippen LogP contribution in [-0.2, 0) is 0 Å². The summed E-state index contributed by atoms with van der Waals surface area (Å²) in [5, 5.41) is 4.12. The molecule has 4 heteroatoms. The molecule has 2 aromatic rings. The van der Waals surface area contributed by atoms with Crippen molar-refractivity contribution < 1.29 is 4.43 Å². The summed E-state index contributed by atoms with van der Waals surface area (Å²) in [6.45, 7) is 6.52. The van der Waals surface area contributed by atoms with E-state index in [0.29, 0.717) is 0 Å². The maximum absolute atomic E-state index is 6.03. The van der Waals surface area contributed by atoms with Gasteiger partial charge in [-0.1, -0.05) is 12.1 Å². The van der Waals surface area contributed by atoms with Crippen LogP contribution in [-0.4, -0.2) is 14.5 Å². The van der Waals surface area contributed by atoms with Gasteiger partial charge < -0.3 is 4.43 Å². The van der Waals surface area contributed by atoms with E-state index in [0.717, 1.165) is 17.0 Å². The summed E-state index contributed by atoms with van der Waals surface area (Å²) in [6, 6.07) is 9.99. The molecular formula is C14H17NOSSi. The molecule has 18 heavy (non-hydrogen) atoms. The third kappa shape index (κ3) is 3.82.